The third-order valence-electron chi connectivity index (χ3n) is 4.14. The lowest BCUT2D eigenvalue weighted by molar-refractivity contribution is -0.132. The Kier molecular flexibility index (Phi) is 5.94. The Balaban J connectivity index is 1.69. The van der Waals surface area contributed by atoms with Gasteiger partial charge in [0.2, 0.25) is 5.91 Å². The Labute approximate surface area is 149 Å². The zero-order chi connectivity index (χ0) is 17.3. The fourth-order valence-electron chi connectivity index (χ4n) is 2.80. The van der Waals surface area contributed by atoms with Crippen molar-refractivity contribution in [2.24, 2.45) is 0 Å². The van der Waals surface area contributed by atoms with E-state index in [0.29, 0.717) is 25.9 Å². The quantitative estimate of drug-likeness (QED) is 0.649. The van der Waals surface area contributed by atoms with Gasteiger partial charge in [0.15, 0.2) is 0 Å². The van der Waals surface area contributed by atoms with Gasteiger partial charge in [-0.1, -0.05) is 66.7 Å². The monoisotopic (exact) mass is 330 g/mol. The first-order valence-corrected chi connectivity index (χ1v) is 8.56. The van der Waals surface area contributed by atoms with Crippen molar-refractivity contribution in [3.05, 3.63) is 102 Å². The van der Waals surface area contributed by atoms with Crippen LogP contribution in [0, 0.1) is 0 Å². The summed E-state index contributed by atoms with van der Waals surface area (Å²) in [5.41, 5.74) is 3.39. The number of rotatable bonds is 7. The first-order chi connectivity index (χ1) is 12.3. The highest BCUT2D eigenvalue weighted by Crippen LogP contribution is 2.13. The number of carbonyl (C=O) groups excluding carboxylic acids is 1. The van der Waals surface area contributed by atoms with Crippen LogP contribution in [0.1, 0.15) is 23.1 Å². The van der Waals surface area contributed by atoms with Crippen molar-refractivity contribution in [3.63, 3.8) is 0 Å². The van der Waals surface area contributed by atoms with Gasteiger partial charge < -0.3 is 4.90 Å². The van der Waals surface area contributed by atoms with Crippen LogP contribution in [0.4, 0.5) is 0 Å². The SMILES string of the molecule is O=C(CCc1cccnc1)N(Cc1ccccc1)Cc1ccccc1. The van der Waals surface area contributed by atoms with E-state index in [-0.39, 0.29) is 5.91 Å². The second kappa shape index (κ2) is 8.78. The van der Waals surface area contributed by atoms with Gasteiger partial charge >= 0.3 is 0 Å². The normalized spacial score (nSPS) is 10.4. The predicted octanol–water partition coefficient (Wildman–Crippen LogP) is 4.24. The first-order valence-electron chi connectivity index (χ1n) is 8.56. The van der Waals surface area contributed by atoms with Crippen LogP contribution in [-0.2, 0) is 24.3 Å². The van der Waals surface area contributed by atoms with Crippen molar-refractivity contribution >= 4 is 5.91 Å². The molecule has 0 saturated heterocycles. The minimum absolute atomic E-state index is 0.163. The van der Waals surface area contributed by atoms with Gasteiger partial charge in [-0.05, 0) is 29.2 Å². The van der Waals surface area contributed by atoms with Crippen molar-refractivity contribution in [1.82, 2.24) is 9.88 Å². The Hall–Kier alpha value is -2.94. The largest absolute Gasteiger partial charge is 0.334 e. The topological polar surface area (TPSA) is 33.2 Å². The molecule has 3 aromatic rings. The summed E-state index contributed by atoms with van der Waals surface area (Å²) in [6.07, 6.45) is 4.78. The molecule has 126 valence electrons. The van der Waals surface area contributed by atoms with E-state index in [4.69, 9.17) is 0 Å². The number of pyridine rings is 1. The van der Waals surface area contributed by atoms with Crippen molar-refractivity contribution in [3.8, 4) is 0 Å². The van der Waals surface area contributed by atoms with E-state index in [2.05, 4.69) is 29.2 Å². The summed E-state index contributed by atoms with van der Waals surface area (Å²) in [6.45, 7) is 1.25. The van der Waals surface area contributed by atoms with Crippen LogP contribution < -0.4 is 0 Å². The molecular formula is C22H22N2O. The van der Waals surface area contributed by atoms with E-state index in [9.17, 15) is 4.79 Å². The molecule has 0 saturated carbocycles. The summed E-state index contributed by atoms with van der Waals surface area (Å²) in [5, 5.41) is 0. The number of benzene rings is 2. The maximum Gasteiger partial charge on any atom is 0.223 e. The fraction of sp³-hybridized carbons (Fsp3) is 0.182. The molecule has 0 spiro atoms. The van der Waals surface area contributed by atoms with E-state index < -0.39 is 0 Å². The lowest BCUT2D eigenvalue weighted by Crippen LogP contribution is -2.30. The molecule has 0 fully saturated rings. The summed E-state index contributed by atoms with van der Waals surface area (Å²) in [4.78, 5) is 18.9. The summed E-state index contributed by atoms with van der Waals surface area (Å²) < 4.78 is 0. The van der Waals surface area contributed by atoms with E-state index in [1.54, 1.807) is 6.20 Å². The van der Waals surface area contributed by atoms with Crippen LogP contribution in [0.25, 0.3) is 0 Å². The maximum atomic E-state index is 12.8. The highest BCUT2D eigenvalue weighted by Gasteiger charge is 2.14. The Bertz CT molecular complexity index is 731. The van der Waals surface area contributed by atoms with Crippen LogP contribution in [-0.4, -0.2) is 15.8 Å². The standard InChI is InChI=1S/C22H22N2O/c25-22(14-13-19-12-7-15-23-16-19)24(17-20-8-3-1-4-9-20)18-21-10-5-2-6-11-21/h1-12,15-16H,13-14,17-18H2. The van der Waals surface area contributed by atoms with Gasteiger partial charge in [0, 0.05) is 31.9 Å². The Morgan fingerprint density at radius 1 is 0.760 bits per heavy atom. The van der Waals surface area contributed by atoms with Gasteiger partial charge in [0.25, 0.3) is 0 Å². The number of hydrogen-bond acceptors (Lipinski definition) is 2. The van der Waals surface area contributed by atoms with Crippen LogP contribution in [0.2, 0.25) is 0 Å². The molecule has 0 N–H and O–H groups in total. The molecule has 1 heterocycles. The molecule has 0 atom stereocenters. The second-order valence-electron chi connectivity index (χ2n) is 6.08. The van der Waals surface area contributed by atoms with Crippen LogP contribution in [0.5, 0.6) is 0 Å². The fourth-order valence-corrected chi connectivity index (χ4v) is 2.80. The lowest BCUT2D eigenvalue weighted by atomic mass is 10.1. The molecule has 0 unspecified atom stereocenters. The van der Waals surface area contributed by atoms with Crippen molar-refractivity contribution in [2.75, 3.05) is 0 Å². The van der Waals surface area contributed by atoms with Crippen LogP contribution in [0.15, 0.2) is 85.2 Å². The third-order valence-corrected chi connectivity index (χ3v) is 4.14. The number of aryl methyl sites for hydroxylation is 1. The molecule has 3 nitrogen and oxygen atoms in total. The molecule has 1 amide bonds. The number of aromatic nitrogens is 1. The van der Waals surface area contributed by atoms with E-state index in [0.717, 1.165) is 16.7 Å². The number of nitrogens with zero attached hydrogens (tertiary/aromatic N) is 2. The van der Waals surface area contributed by atoms with Gasteiger partial charge in [-0.15, -0.1) is 0 Å². The second-order valence-corrected chi connectivity index (χ2v) is 6.08. The highest BCUT2D eigenvalue weighted by atomic mass is 16.2. The third kappa shape index (κ3) is 5.28. The van der Waals surface area contributed by atoms with Crippen LogP contribution in [0.3, 0.4) is 0 Å². The molecule has 0 aliphatic heterocycles. The van der Waals surface area contributed by atoms with Crippen LogP contribution >= 0.6 is 0 Å². The number of amides is 1. The molecule has 3 rings (SSSR count). The van der Waals surface area contributed by atoms with Gasteiger partial charge in [0.05, 0.1) is 0 Å². The highest BCUT2D eigenvalue weighted by molar-refractivity contribution is 5.76. The summed E-state index contributed by atoms with van der Waals surface area (Å²) >= 11 is 0. The minimum Gasteiger partial charge on any atom is -0.334 e. The summed E-state index contributed by atoms with van der Waals surface area (Å²) in [6, 6.07) is 24.2. The average molecular weight is 330 g/mol. The Morgan fingerprint density at radius 3 is 1.84 bits per heavy atom. The maximum absolute atomic E-state index is 12.8. The minimum atomic E-state index is 0.163. The van der Waals surface area contributed by atoms with Gasteiger partial charge in [-0.25, -0.2) is 0 Å². The molecular weight excluding hydrogens is 308 g/mol. The van der Waals surface area contributed by atoms with Gasteiger partial charge in [-0.3, -0.25) is 9.78 Å². The van der Waals surface area contributed by atoms with Gasteiger partial charge in [-0.2, -0.15) is 0 Å². The Morgan fingerprint density at radius 2 is 1.32 bits per heavy atom. The number of hydrogen-bond donors (Lipinski definition) is 0. The molecule has 2 aromatic carbocycles. The molecule has 0 aliphatic carbocycles. The predicted molar refractivity (Wildman–Crippen MR) is 99.7 cm³/mol. The molecule has 0 radical (unpaired) electrons. The molecule has 1 aromatic heterocycles. The first kappa shape index (κ1) is 16.9. The zero-order valence-corrected chi connectivity index (χ0v) is 14.2. The van der Waals surface area contributed by atoms with E-state index in [1.807, 2.05) is 59.6 Å². The average Bonchev–Trinajstić information content (AvgIpc) is 2.68. The molecule has 25 heavy (non-hydrogen) atoms. The smallest absolute Gasteiger partial charge is 0.223 e. The van der Waals surface area contributed by atoms with Gasteiger partial charge in [0.1, 0.15) is 0 Å². The summed E-state index contributed by atoms with van der Waals surface area (Å²) in [7, 11) is 0. The lowest BCUT2D eigenvalue weighted by Gasteiger charge is -2.23. The van der Waals surface area contributed by atoms with Crippen molar-refractivity contribution in [1.29, 1.82) is 0 Å². The van der Waals surface area contributed by atoms with E-state index in [1.165, 1.54) is 0 Å². The van der Waals surface area contributed by atoms with E-state index >= 15 is 0 Å². The molecule has 3 heteroatoms. The van der Waals surface area contributed by atoms with Crippen molar-refractivity contribution in [2.45, 2.75) is 25.9 Å². The summed E-state index contributed by atoms with van der Waals surface area (Å²) in [5.74, 6) is 0.163. The molecule has 0 aliphatic rings. The molecule has 0 bridgehead atoms. The number of carbonyl (C=O) groups is 1. The zero-order valence-electron chi connectivity index (χ0n) is 14.2. The van der Waals surface area contributed by atoms with Crippen molar-refractivity contribution < 1.29 is 4.79 Å².